The van der Waals surface area contributed by atoms with Crippen molar-refractivity contribution < 1.29 is 9.47 Å². The molecule has 5 heteroatoms. The lowest BCUT2D eigenvalue weighted by Crippen LogP contribution is -2.51. The molecule has 1 saturated carbocycles. The van der Waals surface area contributed by atoms with Gasteiger partial charge in [0.1, 0.15) is 0 Å². The molecule has 5 nitrogen and oxygen atoms in total. The summed E-state index contributed by atoms with van der Waals surface area (Å²) in [5.74, 6) is 0. The van der Waals surface area contributed by atoms with Crippen LogP contribution in [0.1, 0.15) is 42.4 Å². The van der Waals surface area contributed by atoms with E-state index in [0.717, 1.165) is 44.5 Å². The van der Waals surface area contributed by atoms with Crippen LogP contribution in [0.3, 0.4) is 0 Å². The number of ether oxygens (including phenoxy) is 2. The van der Waals surface area contributed by atoms with E-state index in [9.17, 15) is 0 Å². The third-order valence-electron chi connectivity index (χ3n) is 6.76. The highest BCUT2D eigenvalue weighted by atomic mass is 16.5. The van der Waals surface area contributed by atoms with E-state index in [1.807, 2.05) is 25.1 Å². The molecule has 2 fully saturated rings. The molecule has 1 aromatic carbocycles. The summed E-state index contributed by atoms with van der Waals surface area (Å²) in [6.45, 7) is 6.27. The van der Waals surface area contributed by atoms with Crippen LogP contribution in [0.2, 0.25) is 0 Å². The van der Waals surface area contributed by atoms with Gasteiger partial charge in [-0.3, -0.25) is 4.90 Å². The first-order valence-electron chi connectivity index (χ1n) is 9.98. The van der Waals surface area contributed by atoms with Gasteiger partial charge in [-0.1, -0.05) is 6.07 Å². The van der Waals surface area contributed by atoms with E-state index < -0.39 is 0 Å². The van der Waals surface area contributed by atoms with Gasteiger partial charge < -0.3 is 9.47 Å². The molecule has 27 heavy (non-hydrogen) atoms. The fourth-order valence-corrected chi connectivity index (χ4v) is 4.84. The Morgan fingerprint density at radius 2 is 2.04 bits per heavy atom. The number of likely N-dealkylation sites (tertiary alicyclic amines) is 1. The molecule has 0 radical (unpaired) electrons. The number of hydrogen-bond donors (Lipinski definition) is 0. The predicted molar refractivity (Wildman–Crippen MR) is 106 cm³/mol. The maximum absolute atomic E-state index is 6.04. The van der Waals surface area contributed by atoms with Crippen molar-refractivity contribution in [1.82, 2.24) is 14.7 Å². The molecule has 2 heterocycles. The normalized spacial score (nSPS) is 28.4. The van der Waals surface area contributed by atoms with Crippen molar-refractivity contribution in [3.63, 3.8) is 0 Å². The van der Waals surface area contributed by atoms with Crippen LogP contribution in [-0.2, 0) is 16.0 Å². The average Bonchev–Trinajstić information content (AvgIpc) is 3.29. The Labute approximate surface area is 162 Å². The zero-order valence-corrected chi connectivity index (χ0v) is 16.9. The van der Waals surface area contributed by atoms with Crippen molar-refractivity contribution in [3.05, 3.63) is 47.3 Å². The summed E-state index contributed by atoms with van der Waals surface area (Å²) < 4.78 is 13.7. The number of hydrogen-bond acceptors (Lipinski definition) is 4. The Hall–Kier alpha value is -1.69. The van der Waals surface area contributed by atoms with E-state index in [-0.39, 0.29) is 5.60 Å². The minimum Gasteiger partial charge on any atom is -0.381 e. The van der Waals surface area contributed by atoms with Gasteiger partial charge in [-0.2, -0.15) is 5.10 Å². The number of rotatable bonds is 5. The summed E-state index contributed by atoms with van der Waals surface area (Å²) in [4.78, 5) is 2.57. The molecule has 2 aromatic rings. The third-order valence-corrected chi connectivity index (χ3v) is 6.76. The van der Waals surface area contributed by atoms with Crippen LogP contribution in [0.25, 0.3) is 5.69 Å². The Bertz CT molecular complexity index is 803. The molecule has 3 atom stereocenters. The minimum absolute atomic E-state index is 0.000900. The van der Waals surface area contributed by atoms with Crippen LogP contribution in [0.5, 0.6) is 0 Å². The number of methoxy groups -OCH3 is 2. The summed E-state index contributed by atoms with van der Waals surface area (Å²) in [5, 5.41) is 4.61. The second-order valence-corrected chi connectivity index (χ2v) is 8.20. The second kappa shape index (κ2) is 7.38. The van der Waals surface area contributed by atoms with Gasteiger partial charge in [0.2, 0.25) is 0 Å². The van der Waals surface area contributed by atoms with Crippen LogP contribution < -0.4 is 0 Å². The first kappa shape index (κ1) is 18.7. The molecule has 0 unspecified atom stereocenters. The van der Waals surface area contributed by atoms with Gasteiger partial charge in [0.05, 0.1) is 23.6 Å². The highest BCUT2D eigenvalue weighted by Crippen LogP contribution is 2.43. The Kier molecular flexibility index (Phi) is 5.10. The molecular formula is C22H31N3O2. The zero-order valence-electron chi connectivity index (χ0n) is 16.9. The molecule has 1 saturated heterocycles. The lowest BCUT2D eigenvalue weighted by Gasteiger charge is -2.43. The van der Waals surface area contributed by atoms with Gasteiger partial charge in [0, 0.05) is 45.1 Å². The van der Waals surface area contributed by atoms with Crippen molar-refractivity contribution in [3.8, 4) is 5.69 Å². The number of aryl methyl sites for hydroxylation is 2. The fourth-order valence-electron chi connectivity index (χ4n) is 4.84. The van der Waals surface area contributed by atoms with Crippen molar-refractivity contribution >= 4 is 0 Å². The lowest BCUT2D eigenvalue weighted by atomic mass is 9.79. The molecule has 0 N–H and O–H groups in total. The van der Waals surface area contributed by atoms with Crippen LogP contribution in [0, 0.1) is 13.8 Å². The van der Waals surface area contributed by atoms with Gasteiger partial charge in [0.15, 0.2) is 0 Å². The largest absolute Gasteiger partial charge is 0.381 e. The van der Waals surface area contributed by atoms with Gasteiger partial charge in [-0.05, 0) is 62.8 Å². The third kappa shape index (κ3) is 3.44. The maximum atomic E-state index is 6.04. The SMILES string of the molecule is CO[C@H]1CC[C@@]2(OC)CCN(Cc3cnn(-c4ccc(C)c(C)c4)c3)[C@H]2C1. The van der Waals surface area contributed by atoms with Crippen molar-refractivity contribution in [1.29, 1.82) is 0 Å². The fraction of sp³-hybridized carbons (Fsp3) is 0.591. The summed E-state index contributed by atoms with van der Waals surface area (Å²) in [6, 6.07) is 6.91. The van der Waals surface area contributed by atoms with Gasteiger partial charge in [0.25, 0.3) is 0 Å². The molecule has 4 rings (SSSR count). The quantitative estimate of drug-likeness (QED) is 0.807. The van der Waals surface area contributed by atoms with Gasteiger partial charge >= 0.3 is 0 Å². The molecule has 1 aliphatic heterocycles. The van der Waals surface area contributed by atoms with Crippen LogP contribution in [0.4, 0.5) is 0 Å². The highest BCUT2D eigenvalue weighted by molar-refractivity contribution is 5.39. The summed E-state index contributed by atoms with van der Waals surface area (Å²) in [7, 11) is 3.71. The lowest BCUT2D eigenvalue weighted by molar-refractivity contribution is -0.0947. The van der Waals surface area contributed by atoms with E-state index in [1.165, 1.54) is 16.7 Å². The molecule has 2 aliphatic rings. The van der Waals surface area contributed by atoms with Crippen molar-refractivity contribution in [2.75, 3.05) is 20.8 Å². The molecule has 146 valence electrons. The van der Waals surface area contributed by atoms with Crippen LogP contribution >= 0.6 is 0 Å². The minimum atomic E-state index is -0.000900. The molecule has 1 aliphatic carbocycles. The van der Waals surface area contributed by atoms with Gasteiger partial charge in [-0.25, -0.2) is 4.68 Å². The Morgan fingerprint density at radius 3 is 2.78 bits per heavy atom. The van der Waals surface area contributed by atoms with E-state index in [2.05, 4.69) is 48.2 Å². The predicted octanol–water partition coefficient (Wildman–Crippen LogP) is 3.65. The first-order valence-corrected chi connectivity index (χ1v) is 9.98. The summed E-state index contributed by atoms with van der Waals surface area (Å²) in [5.41, 5.74) is 4.97. The maximum Gasteiger partial charge on any atom is 0.0847 e. The summed E-state index contributed by atoms with van der Waals surface area (Å²) >= 11 is 0. The van der Waals surface area contributed by atoms with Crippen molar-refractivity contribution in [2.24, 2.45) is 0 Å². The van der Waals surface area contributed by atoms with E-state index in [4.69, 9.17) is 9.47 Å². The van der Waals surface area contributed by atoms with E-state index in [1.54, 1.807) is 0 Å². The summed E-state index contributed by atoms with van der Waals surface area (Å²) in [6.07, 6.45) is 8.85. The first-order chi connectivity index (χ1) is 13.0. The second-order valence-electron chi connectivity index (χ2n) is 8.20. The monoisotopic (exact) mass is 369 g/mol. The highest BCUT2D eigenvalue weighted by Gasteiger charge is 2.50. The van der Waals surface area contributed by atoms with Crippen LogP contribution in [0.15, 0.2) is 30.6 Å². The molecular weight excluding hydrogens is 338 g/mol. The van der Waals surface area contributed by atoms with E-state index >= 15 is 0 Å². The number of benzene rings is 1. The number of nitrogens with zero attached hydrogens (tertiary/aromatic N) is 3. The standard InChI is InChI=1S/C22H31N3O2/c1-16-5-6-19(11-17(16)2)25-15-18(13-23-25)14-24-10-9-22(27-4)8-7-20(26-3)12-21(22)24/h5-6,11,13,15,20-21H,7-10,12,14H2,1-4H3/t20-,21-,22+/m0/s1. The van der Waals surface area contributed by atoms with Crippen molar-refractivity contribution in [2.45, 2.75) is 63.8 Å². The Morgan fingerprint density at radius 1 is 1.19 bits per heavy atom. The topological polar surface area (TPSA) is 39.5 Å². The van der Waals surface area contributed by atoms with Crippen LogP contribution in [-0.4, -0.2) is 53.2 Å². The molecule has 0 bridgehead atoms. The molecule has 0 amide bonds. The van der Waals surface area contributed by atoms with E-state index in [0.29, 0.717) is 12.1 Å². The zero-order chi connectivity index (χ0) is 19.0. The Balaban J connectivity index is 1.51. The smallest absolute Gasteiger partial charge is 0.0847 e. The molecule has 0 spiro atoms. The molecule has 1 aromatic heterocycles. The number of aromatic nitrogens is 2. The van der Waals surface area contributed by atoms with Gasteiger partial charge in [-0.15, -0.1) is 0 Å². The average molecular weight is 370 g/mol. The number of fused-ring (bicyclic) bond motifs is 1.